The Labute approximate surface area is 155 Å². The maximum Gasteiger partial charge on any atom is 0.219 e. The highest BCUT2D eigenvalue weighted by Crippen LogP contribution is 2.05. The van der Waals surface area contributed by atoms with Gasteiger partial charge in [0.1, 0.15) is 0 Å². The fourth-order valence-corrected chi connectivity index (χ4v) is 3.32. The Bertz CT molecular complexity index is 685. The van der Waals surface area contributed by atoms with Gasteiger partial charge in [0, 0.05) is 58.0 Å². The lowest BCUT2D eigenvalue weighted by atomic mass is 10.2. The van der Waals surface area contributed by atoms with Crippen molar-refractivity contribution in [2.24, 2.45) is 0 Å². The molecule has 0 bridgehead atoms. The molecular weight excluding hydrogens is 326 g/mol. The van der Waals surface area contributed by atoms with Crippen LogP contribution in [0.2, 0.25) is 0 Å². The second kappa shape index (κ2) is 9.50. The Balaban J connectivity index is 1.39. The van der Waals surface area contributed by atoms with Crippen molar-refractivity contribution in [1.29, 1.82) is 0 Å². The molecule has 0 saturated carbocycles. The lowest BCUT2D eigenvalue weighted by molar-refractivity contribution is -0.128. The van der Waals surface area contributed by atoms with Crippen LogP contribution < -0.4 is 5.32 Å². The predicted molar refractivity (Wildman–Crippen MR) is 103 cm³/mol. The number of nitrogens with one attached hydrogen (secondary N) is 1. The number of carbonyl (C=O) groups is 1. The van der Waals surface area contributed by atoms with Crippen molar-refractivity contribution in [2.75, 3.05) is 32.7 Å². The highest BCUT2D eigenvalue weighted by atomic mass is 16.2. The second-order valence-corrected chi connectivity index (χ2v) is 6.90. The first-order chi connectivity index (χ1) is 12.7. The molecule has 1 aliphatic rings. The Morgan fingerprint density at radius 1 is 1.04 bits per heavy atom. The molecular formula is C20H29N5O. The van der Waals surface area contributed by atoms with Crippen molar-refractivity contribution in [1.82, 2.24) is 24.9 Å². The van der Waals surface area contributed by atoms with Gasteiger partial charge in [0.05, 0.1) is 12.7 Å². The maximum atomic E-state index is 11.5. The quantitative estimate of drug-likeness (QED) is 0.822. The standard InChI is InChI=1S/C20H29N5O/c1-18(26)24-9-5-8-23(10-12-24)11-13-25-17-20(16-22-25)15-21-14-19-6-3-2-4-7-19/h2-4,6-7,16-17,21H,5,8-15H2,1H3. The minimum Gasteiger partial charge on any atom is -0.342 e. The lowest BCUT2D eigenvalue weighted by Crippen LogP contribution is -2.34. The molecule has 0 atom stereocenters. The van der Waals surface area contributed by atoms with Gasteiger partial charge in [0.15, 0.2) is 0 Å². The van der Waals surface area contributed by atoms with Gasteiger partial charge in [-0.25, -0.2) is 0 Å². The topological polar surface area (TPSA) is 53.4 Å². The molecule has 140 valence electrons. The van der Waals surface area contributed by atoms with Crippen molar-refractivity contribution < 1.29 is 4.79 Å². The zero-order valence-electron chi connectivity index (χ0n) is 15.6. The van der Waals surface area contributed by atoms with Gasteiger partial charge in [-0.2, -0.15) is 5.10 Å². The molecule has 1 amide bonds. The third-order valence-electron chi connectivity index (χ3n) is 4.87. The Kier molecular flexibility index (Phi) is 6.80. The minimum atomic E-state index is 0.187. The van der Waals surface area contributed by atoms with Crippen LogP contribution in [0, 0.1) is 0 Å². The van der Waals surface area contributed by atoms with Crippen LogP contribution in [0.15, 0.2) is 42.7 Å². The van der Waals surface area contributed by atoms with E-state index in [-0.39, 0.29) is 5.91 Å². The van der Waals surface area contributed by atoms with Crippen molar-refractivity contribution >= 4 is 5.91 Å². The predicted octanol–water partition coefficient (Wildman–Crippen LogP) is 1.73. The van der Waals surface area contributed by atoms with E-state index in [9.17, 15) is 4.79 Å². The largest absolute Gasteiger partial charge is 0.342 e. The smallest absolute Gasteiger partial charge is 0.219 e. The molecule has 1 fully saturated rings. The SMILES string of the molecule is CC(=O)N1CCCN(CCn2cc(CNCc3ccccc3)cn2)CC1. The first-order valence-electron chi connectivity index (χ1n) is 9.44. The van der Waals surface area contributed by atoms with Crippen LogP contribution in [-0.2, 0) is 24.4 Å². The molecule has 2 heterocycles. The molecule has 26 heavy (non-hydrogen) atoms. The van der Waals surface area contributed by atoms with Gasteiger partial charge in [0.25, 0.3) is 0 Å². The fraction of sp³-hybridized carbons (Fsp3) is 0.500. The van der Waals surface area contributed by atoms with Gasteiger partial charge in [-0.05, 0) is 18.5 Å². The Hall–Kier alpha value is -2.18. The van der Waals surface area contributed by atoms with E-state index in [2.05, 4.69) is 45.8 Å². The molecule has 2 aromatic rings. The highest BCUT2D eigenvalue weighted by Gasteiger charge is 2.16. The van der Waals surface area contributed by atoms with Crippen LogP contribution in [0.1, 0.15) is 24.5 Å². The van der Waals surface area contributed by atoms with E-state index in [4.69, 9.17) is 0 Å². The highest BCUT2D eigenvalue weighted by molar-refractivity contribution is 5.73. The molecule has 6 heteroatoms. The number of aromatic nitrogens is 2. The van der Waals surface area contributed by atoms with Gasteiger partial charge in [-0.15, -0.1) is 0 Å². The molecule has 1 N–H and O–H groups in total. The normalized spacial score (nSPS) is 15.8. The molecule has 0 radical (unpaired) electrons. The molecule has 3 rings (SSSR count). The molecule has 1 aromatic carbocycles. The van der Waals surface area contributed by atoms with Gasteiger partial charge in [0.2, 0.25) is 5.91 Å². The molecule has 1 aromatic heterocycles. The monoisotopic (exact) mass is 355 g/mol. The summed E-state index contributed by atoms with van der Waals surface area (Å²) in [4.78, 5) is 15.9. The van der Waals surface area contributed by atoms with Crippen LogP contribution >= 0.6 is 0 Å². The third kappa shape index (κ3) is 5.68. The van der Waals surface area contributed by atoms with Crippen molar-refractivity contribution in [3.8, 4) is 0 Å². The maximum absolute atomic E-state index is 11.5. The first kappa shape index (κ1) is 18.6. The van der Waals surface area contributed by atoms with Crippen LogP contribution in [0.5, 0.6) is 0 Å². The van der Waals surface area contributed by atoms with Gasteiger partial charge in [-0.1, -0.05) is 30.3 Å². The number of hydrogen-bond donors (Lipinski definition) is 1. The zero-order chi connectivity index (χ0) is 18.2. The number of hydrogen-bond acceptors (Lipinski definition) is 4. The van der Waals surface area contributed by atoms with E-state index in [1.54, 1.807) is 6.92 Å². The van der Waals surface area contributed by atoms with Gasteiger partial charge >= 0.3 is 0 Å². The van der Waals surface area contributed by atoms with Crippen LogP contribution in [0.4, 0.5) is 0 Å². The average molecular weight is 355 g/mol. The molecule has 1 saturated heterocycles. The number of amides is 1. The second-order valence-electron chi connectivity index (χ2n) is 6.90. The van der Waals surface area contributed by atoms with E-state index >= 15 is 0 Å². The van der Waals surface area contributed by atoms with E-state index in [0.29, 0.717) is 0 Å². The molecule has 6 nitrogen and oxygen atoms in total. The minimum absolute atomic E-state index is 0.187. The molecule has 0 unspecified atom stereocenters. The number of benzene rings is 1. The van der Waals surface area contributed by atoms with Gasteiger partial charge in [-0.3, -0.25) is 14.4 Å². The van der Waals surface area contributed by atoms with Gasteiger partial charge < -0.3 is 10.2 Å². The molecule has 0 spiro atoms. The first-order valence-corrected chi connectivity index (χ1v) is 9.44. The van der Waals surface area contributed by atoms with Crippen LogP contribution in [0.3, 0.4) is 0 Å². The Morgan fingerprint density at radius 3 is 2.65 bits per heavy atom. The van der Waals surface area contributed by atoms with E-state index in [0.717, 1.165) is 58.8 Å². The summed E-state index contributed by atoms with van der Waals surface area (Å²) in [7, 11) is 0. The summed E-state index contributed by atoms with van der Waals surface area (Å²) in [6.07, 6.45) is 5.11. The van der Waals surface area contributed by atoms with E-state index in [1.807, 2.05) is 21.8 Å². The molecule has 1 aliphatic heterocycles. The number of carbonyl (C=O) groups excluding carboxylic acids is 1. The van der Waals surface area contributed by atoms with E-state index < -0.39 is 0 Å². The Morgan fingerprint density at radius 2 is 1.85 bits per heavy atom. The van der Waals surface area contributed by atoms with Crippen molar-refractivity contribution in [3.05, 3.63) is 53.9 Å². The summed E-state index contributed by atoms with van der Waals surface area (Å²) in [5, 5.41) is 7.94. The van der Waals surface area contributed by atoms with Crippen molar-refractivity contribution in [2.45, 2.75) is 33.0 Å². The summed E-state index contributed by atoms with van der Waals surface area (Å²) in [5.41, 5.74) is 2.50. The van der Waals surface area contributed by atoms with Crippen molar-refractivity contribution in [3.63, 3.8) is 0 Å². The molecule has 0 aliphatic carbocycles. The van der Waals surface area contributed by atoms with E-state index in [1.165, 1.54) is 11.1 Å². The summed E-state index contributed by atoms with van der Waals surface area (Å²) in [6.45, 7) is 8.94. The number of nitrogens with zero attached hydrogens (tertiary/aromatic N) is 4. The fourth-order valence-electron chi connectivity index (χ4n) is 3.32. The van der Waals surface area contributed by atoms with Crippen LogP contribution in [0.25, 0.3) is 0 Å². The third-order valence-corrected chi connectivity index (χ3v) is 4.87. The summed E-state index contributed by atoms with van der Waals surface area (Å²) in [5.74, 6) is 0.187. The lowest BCUT2D eigenvalue weighted by Gasteiger charge is -2.20. The summed E-state index contributed by atoms with van der Waals surface area (Å²) in [6, 6.07) is 10.4. The van der Waals surface area contributed by atoms with Crippen LogP contribution in [-0.4, -0.2) is 58.2 Å². The summed E-state index contributed by atoms with van der Waals surface area (Å²) >= 11 is 0. The number of rotatable bonds is 7. The average Bonchev–Trinajstić information content (AvgIpc) is 2.96. The zero-order valence-corrected chi connectivity index (χ0v) is 15.6. The summed E-state index contributed by atoms with van der Waals surface area (Å²) < 4.78 is 2.02.